The highest BCUT2D eigenvalue weighted by Gasteiger charge is 2.23. The number of benzene rings is 1. The van der Waals surface area contributed by atoms with Crippen LogP contribution in [0.4, 0.5) is 0 Å². The standard InChI is InChI=1S/C12H16N2O2.ClH/c13-11(10-4-2-1-3-5-10)12(15)14-6-8-16-9-7-14;/h1-5,11H,6-9,13H2;1H. The van der Waals surface area contributed by atoms with E-state index in [0.29, 0.717) is 26.3 Å². The fourth-order valence-electron chi connectivity index (χ4n) is 1.78. The van der Waals surface area contributed by atoms with Crippen LogP contribution in [0.2, 0.25) is 0 Å². The van der Waals surface area contributed by atoms with Crippen molar-refractivity contribution in [3.8, 4) is 0 Å². The second-order valence-corrected chi connectivity index (χ2v) is 3.83. The van der Waals surface area contributed by atoms with E-state index in [-0.39, 0.29) is 18.3 Å². The van der Waals surface area contributed by atoms with Crippen molar-refractivity contribution in [2.24, 2.45) is 5.73 Å². The van der Waals surface area contributed by atoms with Crippen LogP contribution in [0.3, 0.4) is 0 Å². The Bertz CT molecular complexity index is 353. The van der Waals surface area contributed by atoms with Crippen LogP contribution in [0, 0.1) is 0 Å². The third-order valence-corrected chi connectivity index (χ3v) is 2.75. The van der Waals surface area contributed by atoms with E-state index >= 15 is 0 Å². The molecule has 1 amide bonds. The molecule has 1 aromatic rings. The maximum absolute atomic E-state index is 12.0. The molecule has 0 aromatic heterocycles. The molecule has 1 aliphatic heterocycles. The molecular weight excluding hydrogens is 240 g/mol. The lowest BCUT2D eigenvalue weighted by Crippen LogP contribution is -2.45. The van der Waals surface area contributed by atoms with Gasteiger partial charge in [-0.15, -0.1) is 12.4 Å². The number of hydrogen-bond donors (Lipinski definition) is 1. The summed E-state index contributed by atoms with van der Waals surface area (Å²) in [7, 11) is 0. The molecule has 1 aromatic carbocycles. The third-order valence-electron chi connectivity index (χ3n) is 2.75. The number of amides is 1. The van der Waals surface area contributed by atoms with Gasteiger partial charge >= 0.3 is 0 Å². The summed E-state index contributed by atoms with van der Waals surface area (Å²) >= 11 is 0. The highest BCUT2D eigenvalue weighted by Crippen LogP contribution is 2.13. The van der Waals surface area contributed by atoms with Crippen LogP contribution in [-0.4, -0.2) is 37.1 Å². The van der Waals surface area contributed by atoms with E-state index in [4.69, 9.17) is 10.5 Å². The molecular formula is C12H17ClN2O2. The SMILES string of the molecule is Cl.NC(C(=O)N1CCOCC1)c1ccccc1. The number of morpholine rings is 1. The Morgan fingerprint density at radius 2 is 1.82 bits per heavy atom. The van der Waals surface area contributed by atoms with Crippen molar-refractivity contribution >= 4 is 18.3 Å². The fraction of sp³-hybridized carbons (Fsp3) is 0.417. The molecule has 1 unspecified atom stereocenters. The number of nitrogens with zero attached hydrogens (tertiary/aromatic N) is 1. The van der Waals surface area contributed by atoms with Crippen LogP contribution in [0.5, 0.6) is 0 Å². The Morgan fingerprint density at radius 3 is 2.41 bits per heavy atom. The first-order valence-electron chi connectivity index (χ1n) is 5.46. The average molecular weight is 257 g/mol. The summed E-state index contributed by atoms with van der Waals surface area (Å²) in [6, 6.07) is 8.89. The Kier molecular flexibility index (Phi) is 5.41. The lowest BCUT2D eigenvalue weighted by atomic mass is 10.1. The second-order valence-electron chi connectivity index (χ2n) is 3.83. The number of hydrogen-bond acceptors (Lipinski definition) is 3. The summed E-state index contributed by atoms with van der Waals surface area (Å²) in [4.78, 5) is 13.8. The first-order chi connectivity index (χ1) is 7.79. The van der Waals surface area contributed by atoms with Gasteiger partial charge in [0, 0.05) is 13.1 Å². The van der Waals surface area contributed by atoms with Gasteiger partial charge in [0.2, 0.25) is 5.91 Å². The Labute approximate surface area is 107 Å². The summed E-state index contributed by atoms with van der Waals surface area (Å²) in [6.45, 7) is 2.49. The van der Waals surface area contributed by atoms with Crippen LogP contribution in [-0.2, 0) is 9.53 Å². The zero-order chi connectivity index (χ0) is 11.4. The van der Waals surface area contributed by atoms with Gasteiger partial charge in [-0.3, -0.25) is 4.79 Å². The molecule has 4 nitrogen and oxygen atoms in total. The molecule has 0 saturated carbocycles. The van der Waals surface area contributed by atoms with Crippen LogP contribution >= 0.6 is 12.4 Å². The molecule has 1 heterocycles. The van der Waals surface area contributed by atoms with Gasteiger partial charge in [0.15, 0.2) is 0 Å². The topological polar surface area (TPSA) is 55.6 Å². The second kappa shape index (κ2) is 6.59. The molecule has 5 heteroatoms. The van der Waals surface area contributed by atoms with Crippen LogP contribution in [0.15, 0.2) is 30.3 Å². The van der Waals surface area contributed by atoms with Gasteiger partial charge in [-0.25, -0.2) is 0 Å². The molecule has 0 bridgehead atoms. The van der Waals surface area contributed by atoms with E-state index in [1.807, 2.05) is 30.3 Å². The molecule has 2 rings (SSSR count). The summed E-state index contributed by atoms with van der Waals surface area (Å²) in [5.41, 5.74) is 6.80. The predicted octanol–water partition coefficient (Wildman–Crippen LogP) is 0.967. The predicted molar refractivity (Wildman–Crippen MR) is 68.0 cm³/mol. The van der Waals surface area contributed by atoms with Gasteiger partial charge in [0.25, 0.3) is 0 Å². The minimum absolute atomic E-state index is 0. The van der Waals surface area contributed by atoms with E-state index in [0.717, 1.165) is 5.56 Å². The van der Waals surface area contributed by atoms with Crippen LogP contribution in [0.25, 0.3) is 0 Å². The maximum atomic E-state index is 12.0. The number of nitrogens with two attached hydrogens (primary N) is 1. The Balaban J connectivity index is 0.00000144. The third kappa shape index (κ3) is 3.43. The zero-order valence-electron chi connectivity index (χ0n) is 9.54. The molecule has 1 aliphatic rings. The molecule has 1 fully saturated rings. The molecule has 0 radical (unpaired) electrons. The quantitative estimate of drug-likeness (QED) is 0.858. The van der Waals surface area contributed by atoms with Crippen molar-refractivity contribution in [3.05, 3.63) is 35.9 Å². The molecule has 94 valence electrons. The van der Waals surface area contributed by atoms with Crippen molar-refractivity contribution in [1.82, 2.24) is 4.90 Å². The number of carbonyl (C=O) groups is 1. The number of ether oxygens (including phenoxy) is 1. The van der Waals surface area contributed by atoms with Crippen LogP contribution < -0.4 is 5.73 Å². The van der Waals surface area contributed by atoms with Gasteiger partial charge in [-0.05, 0) is 5.56 Å². The number of carbonyl (C=O) groups excluding carboxylic acids is 1. The molecule has 1 atom stereocenters. The summed E-state index contributed by atoms with van der Waals surface area (Å²) in [6.07, 6.45) is 0. The lowest BCUT2D eigenvalue weighted by molar-refractivity contribution is -0.136. The fourth-order valence-corrected chi connectivity index (χ4v) is 1.78. The van der Waals surface area contributed by atoms with E-state index in [1.165, 1.54) is 0 Å². The number of halogens is 1. The highest BCUT2D eigenvalue weighted by atomic mass is 35.5. The minimum atomic E-state index is -0.556. The smallest absolute Gasteiger partial charge is 0.244 e. The first kappa shape index (κ1) is 14.0. The lowest BCUT2D eigenvalue weighted by Gasteiger charge is -2.29. The van der Waals surface area contributed by atoms with Gasteiger partial charge in [-0.1, -0.05) is 30.3 Å². The van der Waals surface area contributed by atoms with Crippen molar-refractivity contribution in [1.29, 1.82) is 0 Å². The normalized spacial score (nSPS) is 17.1. The first-order valence-corrected chi connectivity index (χ1v) is 5.46. The van der Waals surface area contributed by atoms with E-state index in [9.17, 15) is 4.79 Å². The van der Waals surface area contributed by atoms with Gasteiger partial charge in [-0.2, -0.15) is 0 Å². The highest BCUT2D eigenvalue weighted by molar-refractivity contribution is 5.85. The molecule has 1 saturated heterocycles. The van der Waals surface area contributed by atoms with Crippen molar-refractivity contribution in [2.45, 2.75) is 6.04 Å². The zero-order valence-corrected chi connectivity index (χ0v) is 10.4. The van der Waals surface area contributed by atoms with Crippen molar-refractivity contribution < 1.29 is 9.53 Å². The number of rotatable bonds is 2. The summed E-state index contributed by atoms with van der Waals surface area (Å²) < 4.78 is 5.20. The maximum Gasteiger partial charge on any atom is 0.244 e. The van der Waals surface area contributed by atoms with Crippen molar-refractivity contribution in [2.75, 3.05) is 26.3 Å². The monoisotopic (exact) mass is 256 g/mol. The molecule has 2 N–H and O–H groups in total. The molecule has 0 aliphatic carbocycles. The Hall–Kier alpha value is -1.10. The van der Waals surface area contributed by atoms with E-state index < -0.39 is 6.04 Å². The largest absolute Gasteiger partial charge is 0.378 e. The molecule has 0 spiro atoms. The van der Waals surface area contributed by atoms with Crippen molar-refractivity contribution in [3.63, 3.8) is 0 Å². The van der Waals surface area contributed by atoms with E-state index in [1.54, 1.807) is 4.90 Å². The van der Waals surface area contributed by atoms with E-state index in [2.05, 4.69) is 0 Å². The molecule has 17 heavy (non-hydrogen) atoms. The summed E-state index contributed by atoms with van der Waals surface area (Å²) in [5.74, 6) is -0.0190. The summed E-state index contributed by atoms with van der Waals surface area (Å²) in [5, 5.41) is 0. The van der Waals surface area contributed by atoms with Crippen LogP contribution in [0.1, 0.15) is 11.6 Å². The average Bonchev–Trinajstić information content (AvgIpc) is 2.39. The Morgan fingerprint density at radius 1 is 1.24 bits per heavy atom. The van der Waals surface area contributed by atoms with Gasteiger partial charge < -0.3 is 15.4 Å². The van der Waals surface area contributed by atoms with Gasteiger partial charge in [0.1, 0.15) is 6.04 Å². The minimum Gasteiger partial charge on any atom is -0.378 e. The van der Waals surface area contributed by atoms with Gasteiger partial charge in [0.05, 0.1) is 13.2 Å².